The second-order valence-corrected chi connectivity index (χ2v) is 5.05. The third-order valence-electron chi connectivity index (χ3n) is 3.63. The first-order chi connectivity index (χ1) is 9.36. The van der Waals surface area contributed by atoms with Gasteiger partial charge in [-0.2, -0.15) is 10.1 Å². The molecule has 0 bridgehead atoms. The van der Waals surface area contributed by atoms with Crippen LogP contribution in [-0.2, 0) is 0 Å². The van der Waals surface area contributed by atoms with E-state index in [1.54, 1.807) is 0 Å². The van der Waals surface area contributed by atoms with Crippen molar-refractivity contribution in [1.29, 1.82) is 0 Å². The maximum atomic E-state index is 4.59. The molecule has 6 heteroatoms. The second kappa shape index (κ2) is 5.52. The Balaban J connectivity index is 1.78. The van der Waals surface area contributed by atoms with Gasteiger partial charge in [-0.15, -0.1) is 0 Å². The van der Waals surface area contributed by atoms with Gasteiger partial charge in [0.15, 0.2) is 5.65 Å². The fourth-order valence-corrected chi connectivity index (χ4v) is 2.57. The minimum absolute atomic E-state index is 0.551. The maximum absolute atomic E-state index is 4.59. The molecule has 2 N–H and O–H groups in total. The van der Waals surface area contributed by atoms with Crippen LogP contribution in [0.15, 0.2) is 12.4 Å². The lowest BCUT2D eigenvalue weighted by Crippen LogP contribution is -2.18. The molecular formula is C13H20N6. The van der Waals surface area contributed by atoms with Crippen LogP contribution in [0, 0.1) is 0 Å². The number of rotatable bonds is 5. The summed E-state index contributed by atoms with van der Waals surface area (Å²) in [6, 6.07) is 0.551. The highest BCUT2D eigenvalue weighted by atomic mass is 15.3. The van der Waals surface area contributed by atoms with Crippen molar-refractivity contribution in [3.05, 3.63) is 12.4 Å². The van der Waals surface area contributed by atoms with E-state index < -0.39 is 0 Å². The standard InChI is InChI=1S/C13H20N6/c1-14-6-7-15-13-16-8-10-9-19(18-12(10)17-13)11-4-2-3-5-11/h8-9,11,14H,2-7H2,1H3,(H,15,17,18). The molecule has 2 aromatic rings. The zero-order chi connectivity index (χ0) is 13.1. The van der Waals surface area contributed by atoms with E-state index in [1.807, 2.05) is 13.2 Å². The van der Waals surface area contributed by atoms with Gasteiger partial charge in [-0.3, -0.25) is 4.68 Å². The van der Waals surface area contributed by atoms with Crippen LogP contribution < -0.4 is 10.6 Å². The molecule has 0 atom stereocenters. The molecule has 0 saturated heterocycles. The highest BCUT2D eigenvalue weighted by molar-refractivity contribution is 5.73. The quantitative estimate of drug-likeness (QED) is 0.799. The van der Waals surface area contributed by atoms with E-state index in [9.17, 15) is 0 Å². The lowest BCUT2D eigenvalue weighted by Gasteiger charge is -2.07. The van der Waals surface area contributed by atoms with E-state index in [1.165, 1.54) is 25.7 Å². The number of hydrogen-bond donors (Lipinski definition) is 2. The van der Waals surface area contributed by atoms with Gasteiger partial charge in [-0.25, -0.2) is 4.98 Å². The molecule has 1 aliphatic carbocycles. The van der Waals surface area contributed by atoms with E-state index in [0.717, 1.165) is 24.1 Å². The average Bonchev–Trinajstić information content (AvgIpc) is 3.07. The van der Waals surface area contributed by atoms with Crippen LogP contribution in [0.5, 0.6) is 0 Å². The van der Waals surface area contributed by atoms with Crippen molar-refractivity contribution in [2.45, 2.75) is 31.7 Å². The molecule has 0 aromatic carbocycles. The Morgan fingerprint density at radius 1 is 1.32 bits per heavy atom. The van der Waals surface area contributed by atoms with Gasteiger partial charge in [0.2, 0.25) is 5.95 Å². The van der Waals surface area contributed by atoms with E-state index in [4.69, 9.17) is 0 Å². The molecule has 0 aliphatic heterocycles. The van der Waals surface area contributed by atoms with Crippen LogP contribution in [-0.4, -0.2) is 39.9 Å². The van der Waals surface area contributed by atoms with Crippen molar-refractivity contribution in [2.75, 3.05) is 25.5 Å². The molecule has 1 fully saturated rings. The summed E-state index contributed by atoms with van der Waals surface area (Å²) >= 11 is 0. The summed E-state index contributed by atoms with van der Waals surface area (Å²) in [5, 5.41) is 11.9. The summed E-state index contributed by atoms with van der Waals surface area (Å²) in [5.74, 6) is 0.652. The van der Waals surface area contributed by atoms with E-state index in [0.29, 0.717) is 12.0 Å². The van der Waals surface area contributed by atoms with Crippen LogP contribution in [0.3, 0.4) is 0 Å². The molecule has 102 valence electrons. The summed E-state index contributed by atoms with van der Waals surface area (Å²) in [6.07, 6.45) is 9.00. The molecule has 1 saturated carbocycles. The summed E-state index contributed by atoms with van der Waals surface area (Å²) in [7, 11) is 1.93. The number of hydrogen-bond acceptors (Lipinski definition) is 5. The first kappa shape index (κ1) is 12.3. The van der Waals surface area contributed by atoms with Gasteiger partial charge in [0.25, 0.3) is 0 Å². The second-order valence-electron chi connectivity index (χ2n) is 5.05. The number of fused-ring (bicyclic) bond motifs is 1. The van der Waals surface area contributed by atoms with Crippen LogP contribution in [0.25, 0.3) is 11.0 Å². The molecule has 0 amide bonds. The molecule has 1 aliphatic rings. The molecule has 2 aromatic heterocycles. The van der Waals surface area contributed by atoms with Gasteiger partial charge in [-0.1, -0.05) is 12.8 Å². The first-order valence-corrected chi connectivity index (χ1v) is 6.97. The van der Waals surface area contributed by atoms with Gasteiger partial charge in [-0.05, 0) is 19.9 Å². The molecule has 0 radical (unpaired) electrons. The Hall–Kier alpha value is -1.69. The highest BCUT2D eigenvalue weighted by Crippen LogP contribution is 2.29. The Bertz CT molecular complexity index is 543. The fraction of sp³-hybridized carbons (Fsp3) is 0.615. The predicted octanol–water partition coefficient (Wildman–Crippen LogP) is 1.57. The molecule has 2 heterocycles. The van der Waals surface area contributed by atoms with Gasteiger partial charge < -0.3 is 10.6 Å². The van der Waals surface area contributed by atoms with Crippen LogP contribution in [0.2, 0.25) is 0 Å². The molecular weight excluding hydrogens is 240 g/mol. The topological polar surface area (TPSA) is 67.7 Å². The van der Waals surface area contributed by atoms with Crippen molar-refractivity contribution < 1.29 is 0 Å². The van der Waals surface area contributed by atoms with E-state index >= 15 is 0 Å². The lowest BCUT2D eigenvalue weighted by atomic mass is 10.3. The zero-order valence-electron chi connectivity index (χ0n) is 11.3. The van der Waals surface area contributed by atoms with E-state index in [2.05, 4.69) is 36.6 Å². The van der Waals surface area contributed by atoms with E-state index in [-0.39, 0.29) is 0 Å². The summed E-state index contributed by atoms with van der Waals surface area (Å²) < 4.78 is 2.07. The number of nitrogens with zero attached hydrogens (tertiary/aromatic N) is 4. The molecule has 0 unspecified atom stereocenters. The van der Waals surface area contributed by atoms with Crippen LogP contribution >= 0.6 is 0 Å². The Labute approximate surface area is 112 Å². The van der Waals surface area contributed by atoms with Crippen molar-refractivity contribution in [1.82, 2.24) is 25.1 Å². The number of nitrogens with one attached hydrogen (secondary N) is 2. The Morgan fingerprint density at radius 2 is 2.16 bits per heavy atom. The average molecular weight is 260 g/mol. The minimum atomic E-state index is 0.551. The molecule has 6 nitrogen and oxygen atoms in total. The van der Waals surface area contributed by atoms with Gasteiger partial charge in [0, 0.05) is 25.5 Å². The van der Waals surface area contributed by atoms with Gasteiger partial charge >= 0.3 is 0 Å². The third kappa shape index (κ3) is 2.68. The molecule has 19 heavy (non-hydrogen) atoms. The van der Waals surface area contributed by atoms with Gasteiger partial charge in [0.1, 0.15) is 0 Å². The lowest BCUT2D eigenvalue weighted by molar-refractivity contribution is 0.470. The highest BCUT2D eigenvalue weighted by Gasteiger charge is 2.18. The predicted molar refractivity (Wildman–Crippen MR) is 75.2 cm³/mol. The Morgan fingerprint density at radius 3 is 2.95 bits per heavy atom. The van der Waals surface area contributed by atoms with Crippen molar-refractivity contribution in [2.24, 2.45) is 0 Å². The van der Waals surface area contributed by atoms with Crippen molar-refractivity contribution >= 4 is 17.0 Å². The fourth-order valence-electron chi connectivity index (χ4n) is 2.57. The summed E-state index contributed by atoms with van der Waals surface area (Å²) in [5.41, 5.74) is 0.786. The van der Waals surface area contributed by atoms with Gasteiger partial charge in [0.05, 0.1) is 11.4 Å². The van der Waals surface area contributed by atoms with Crippen LogP contribution in [0.1, 0.15) is 31.7 Å². The molecule has 0 spiro atoms. The Kier molecular flexibility index (Phi) is 3.59. The molecule has 3 rings (SSSR count). The summed E-state index contributed by atoms with van der Waals surface area (Å²) in [4.78, 5) is 8.77. The largest absolute Gasteiger partial charge is 0.353 e. The SMILES string of the molecule is CNCCNc1ncc2cn(C3CCCC3)nc2n1. The number of aromatic nitrogens is 4. The van der Waals surface area contributed by atoms with Crippen molar-refractivity contribution in [3.63, 3.8) is 0 Å². The minimum Gasteiger partial charge on any atom is -0.353 e. The monoisotopic (exact) mass is 260 g/mol. The van der Waals surface area contributed by atoms with Crippen LogP contribution in [0.4, 0.5) is 5.95 Å². The zero-order valence-corrected chi connectivity index (χ0v) is 11.3. The summed E-state index contributed by atoms with van der Waals surface area (Å²) in [6.45, 7) is 1.70. The van der Waals surface area contributed by atoms with Crippen molar-refractivity contribution in [3.8, 4) is 0 Å². The maximum Gasteiger partial charge on any atom is 0.224 e. The number of anilines is 1. The third-order valence-corrected chi connectivity index (χ3v) is 3.63. The normalized spacial score (nSPS) is 16.3. The first-order valence-electron chi connectivity index (χ1n) is 6.97. The smallest absolute Gasteiger partial charge is 0.224 e. The number of likely N-dealkylation sites (N-methyl/N-ethyl adjacent to an activating group) is 1.